The molecule has 0 bridgehead atoms. The lowest BCUT2D eigenvalue weighted by molar-refractivity contribution is -0.136. The van der Waals surface area contributed by atoms with Crippen molar-refractivity contribution in [3.05, 3.63) is 12.2 Å². The first kappa shape index (κ1) is 10.2. The summed E-state index contributed by atoms with van der Waals surface area (Å²) in [7, 11) is 0. The number of carboxylic acid groups (broad SMARTS) is 1. The first-order chi connectivity index (χ1) is 3.27. The Bertz CT molecular complexity index is 88.4. The van der Waals surface area contributed by atoms with Gasteiger partial charge in [0.05, 0.1) is 6.42 Å². The van der Waals surface area contributed by atoms with Crippen LogP contribution in [0.5, 0.6) is 0 Å². The topological polar surface area (TPSA) is 72.3 Å². The van der Waals surface area contributed by atoms with Crippen LogP contribution in [-0.4, -0.2) is 11.1 Å². The monoisotopic (exact) mass is 117 g/mol. The highest BCUT2D eigenvalue weighted by Gasteiger charge is 1.85. The molecule has 0 rings (SSSR count). The summed E-state index contributed by atoms with van der Waals surface area (Å²) < 4.78 is 0. The van der Waals surface area contributed by atoms with Gasteiger partial charge in [0, 0.05) is 0 Å². The lowest BCUT2D eigenvalue weighted by Gasteiger charge is -1.77. The first-order valence-electron chi connectivity index (χ1n) is 2.10. The fourth-order valence-corrected chi connectivity index (χ4v) is 0.219. The summed E-state index contributed by atoms with van der Waals surface area (Å²) in [6.07, 6.45) is 3.45. The Morgan fingerprint density at radius 2 is 2.25 bits per heavy atom. The van der Waals surface area contributed by atoms with Crippen molar-refractivity contribution in [1.29, 1.82) is 0 Å². The molecule has 0 spiro atoms. The van der Waals surface area contributed by atoms with E-state index in [-0.39, 0.29) is 12.6 Å². The van der Waals surface area contributed by atoms with E-state index in [0.29, 0.717) is 0 Å². The van der Waals surface area contributed by atoms with E-state index < -0.39 is 5.97 Å². The Balaban J connectivity index is 0. The predicted octanol–water partition coefficient (Wildman–Crippen LogP) is 1.20. The molecule has 0 atom stereocenters. The van der Waals surface area contributed by atoms with Gasteiger partial charge in [0.1, 0.15) is 0 Å². The Hall–Kier alpha value is -0.830. The lowest BCUT2D eigenvalue weighted by Crippen LogP contribution is -1.88. The Morgan fingerprint density at radius 1 is 1.75 bits per heavy atom. The van der Waals surface area contributed by atoms with Gasteiger partial charge in [-0.2, -0.15) is 0 Å². The molecule has 0 saturated heterocycles. The van der Waals surface area contributed by atoms with Crippen LogP contribution in [0, 0.1) is 0 Å². The van der Waals surface area contributed by atoms with Gasteiger partial charge in [-0.15, -0.1) is 0 Å². The summed E-state index contributed by atoms with van der Waals surface area (Å²) >= 11 is 0. The zero-order chi connectivity index (χ0) is 5.70. The number of carboxylic acids is 1. The second-order valence-electron chi connectivity index (χ2n) is 1.17. The average molecular weight is 117 g/mol. The van der Waals surface area contributed by atoms with E-state index in [1.54, 1.807) is 19.1 Å². The van der Waals surface area contributed by atoms with E-state index in [4.69, 9.17) is 5.11 Å². The molecule has 0 unspecified atom stereocenters. The summed E-state index contributed by atoms with van der Waals surface area (Å²) in [6.45, 7) is 1.79. The third-order valence-corrected chi connectivity index (χ3v) is 0.528. The van der Waals surface area contributed by atoms with Crippen molar-refractivity contribution in [2.45, 2.75) is 13.3 Å². The van der Waals surface area contributed by atoms with Crippen LogP contribution in [0.2, 0.25) is 0 Å². The molecule has 0 aliphatic heterocycles. The van der Waals surface area contributed by atoms with Crippen LogP contribution in [0.15, 0.2) is 12.2 Å². The third kappa shape index (κ3) is 8.95. The summed E-state index contributed by atoms with van der Waals surface area (Å²) in [5.41, 5.74) is 0. The highest BCUT2D eigenvalue weighted by atomic mass is 16.4. The highest BCUT2D eigenvalue weighted by Crippen LogP contribution is 1.79. The largest absolute Gasteiger partial charge is 0.481 e. The van der Waals surface area contributed by atoms with Crippen molar-refractivity contribution < 1.29 is 9.90 Å². The molecule has 0 amide bonds. The fourth-order valence-electron chi connectivity index (χ4n) is 0.219. The number of allylic oxidation sites excluding steroid dienone is 1. The normalized spacial score (nSPS) is 8.62. The molecule has 3 nitrogen and oxygen atoms in total. The molecule has 0 heterocycles. The van der Waals surface area contributed by atoms with Gasteiger partial charge in [0.15, 0.2) is 0 Å². The fraction of sp³-hybridized carbons (Fsp3) is 0.400. The highest BCUT2D eigenvalue weighted by molar-refractivity contribution is 5.68. The van der Waals surface area contributed by atoms with Gasteiger partial charge < -0.3 is 11.3 Å². The van der Waals surface area contributed by atoms with Crippen molar-refractivity contribution in [2.75, 3.05) is 0 Å². The Kier molecular flexibility index (Phi) is 7.88. The number of carbonyl (C=O) groups is 1. The van der Waals surface area contributed by atoms with E-state index in [2.05, 4.69) is 0 Å². The zero-order valence-corrected chi connectivity index (χ0v) is 4.92. The van der Waals surface area contributed by atoms with Gasteiger partial charge in [0.2, 0.25) is 0 Å². The minimum Gasteiger partial charge on any atom is -0.481 e. The molecule has 0 aromatic carbocycles. The second-order valence-corrected chi connectivity index (χ2v) is 1.17. The summed E-state index contributed by atoms with van der Waals surface area (Å²) in [6, 6.07) is 0. The summed E-state index contributed by atoms with van der Waals surface area (Å²) in [5.74, 6) is -0.780. The van der Waals surface area contributed by atoms with E-state index in [0.717, 1.165) is 0 Å². The van der Waals surface area contributed by atoms with Crippen LogP contribution >= 0.6 is 0 Å². The quantitative estimate of drug-likeness (QED) is 0.534. The van der Waals surface area contributed by atoms with Crippen molar-refractivity contribution in [1.82, 2.24) is 6.15 Å². The maximum atomic E-state index is 9.71. The van der Waals surface area contributed by atoms with E-state index >= 15 is 0 Å². The van der Waals surface area contributed by atoms with Gasteiger partial charge in [0.25, 0.3) is 0 Å². The molecule has 0 aliphatic rings. The molecule has 0 aliphatic carbocycles. The molecule has 0 aromatic rings. The van der Waals surface area contributed by atoms with Crippen molar-refractivity contribution in [2.24, 2.45) is 0 Å². The molecule has 8 heavy (non-hydrogen) atoms. The maximum absolute atomic E-state index is 9.71. The van der Waals surface area contributed by atoms with Crippen molar-refractivity contribution in [3.8, 4) is 0 Å². The molecule has 0 aromatic heterocycles. The molecule has 0 radical (unpaired) electrons. The molecular weight excluding hydrogens is 106 g/mol. The van der Waals surface area contributed by atoms with Crippen LogP contribution < -0.4 is 6.15 Å². The maximum Gasteiger partial charge on any atom is 0.307 e. The van der Waals surface area contributed by atoms with E-state index in [1.807, 2.05) is 0 Å². The van der Waals surface area contributed by atoms with Crippen LogP contribution in [0.25, 0.3) is 0 Å². The number of hydrogen-bond donors (Lipinski definition) is 2. The molecule has 0 fully saturated rings. The van der Waals surface area contributed by atoms with Crippen molar-refractivity contribution >= 4 is 5.97 Å². The predicted molar refractivity (Wildman–Crippen MR) is 32.1 cm³/mol. The van der Waals surface area contributed by atoms with Crippen LogP contribution in [0.3, 0.4) is 0 Å². The molecule has 3 heteroatoms. The van der Waals surface area contributed by atoms with Crippen LogP contribution in [0.4, 0.5) is 0 Å². The molecule has 48 valence electrons. The second kappa shape index (κ2) is 6.17. The third-order valence-electron chi connectivity index (χ3n) is 0.528. The SMILES string of the molecule is CC=CCC(=O)O.N. The van der Waals surface area contributed by atoms with Gasteiger partial charge in [-0.05, 0) is 6.92 Å². The number of rotatable bonds is 2. The van der Waals surface area contributed by atoms with Crippen LogP contribution in [0.1, 0.15) is 13.3 Å². The average Bonchev–Trinajstić information content (AvgIpc) is 1.61. The Morgan fingerprint density at radius 3 is 2.38 bits per heavy atom. The lowest BCUT2D eigenvalue weighted by atomic mass is 10.4. The van der Waals surface area contributed by atoms with Gasteiger partial charge in [-0.3, -0.25) is 4.79 Å². The number of hydrogen-bond acceptors (Lipinski definition) is 2. The van der Waals surface area contributed by atoms with E-state index in [1.165, 1.54) is 0 Å². The minimum atomic E-state index is -0.780. The standard InChI is InChI=1S/C5H8O2.H3N/c1-2-3-4-5(6)7;/h2-3H,4H2,1H3,(H,6,7);1H3. The first-order valence-corrected chi connectivity index (χ1v) is 2.10. The molecule has 4 N–H and O–H groups in total. The minimum absolute atomic E-state index is 0. The van der Waals surface area contributed by atoms with Crippen molar-refractivity contribution in [3.63, 3.8) is 0 Å². The van der Waals surface area contributed by atoms with Gasteiger partial charge >= 0.3 is 5.97 Å². The summed E-state index contributed by atoms with van der Waals surface area (Å²) in [5, 5.41) is 7.99. The zero-order valence-electron chi connectivity index (χ0n) is 4.92. The van der Waals surface area contributed by atoms with Crippen LogP contribution in [-0.2, 0) is 4.79 Å². The van der Waals surface area contributed by atoms with E-state index in [9.17, 15) is 4.79 Å². The smallest absolute Gasteiger partial charge is 0.307 e. The molecule has 0 saturated carbocycles. The summed E-state index contributed by atoms with van der Waals surface area (Å²) in [4.78, 5) is 9.71. The van der Waals surface area contributed by atoms with Gasteiger partial charge in [-0.1, -0.05) is 12.2 Å². The Labute approximate surface area is 48.6 Å². The number of aliphatic carboxylic acids is 1. The van der Waals surface area contributed by atoms with Gasteiger partial charge in [-0.25, -0.2) is 0 Å². The molecular formula is C5H11NO2.